The number of carbonyl (C=O) groups excluding carboxylic acids is 1. The number of carbonyl (C=O) groups is 1. The standard InChI is InChI=1S/C16H13ClN4O/c1-21-15(16(22)19-13-6-3-7-18-10-13)9-14(20-21)11-4-2-5-12(17)8-11/h2-10H,1H3,(H,19,22). The van der Waals surface area contributed by atoms with Crippen molar-refractivity contribution in [3.8, 4) is 11.3 Å². The Morgan fingerprint density at radius 2 is 2.09 bits per heavy atom. The molecule has 0 radical (unpaired) electrons. The fraction of sp³-hybridized carbons (Fsp3) is 0.0625. The van der Waals surface area contributed by atoms with Gasteiger partial charge in [-0.1, -0.05) is 23.7 Å². The number of aromatic nitrogens is 3. The lowest BCUT2D eigenvalue weighted by Crippen LogP contribution is -2.16. The lowest BCUT2D eigenvalue weighted by molar-refractivity contribution is 0.101. The molecule has 1 aromatic carbocycles. The Labute approximate surface area is 132 Å². The minimum Gasteiger partial charge on any atom is -0.319 e. The van der Waals surface area contributed by atoms with E-state index in [0.29, 0.717) is 22.1 Å². The Hall–Kier alpha value is -2.66. The first kappa shape index (κ1) is 14.3. The summed E-state index contributed by atoms with van der Waals surface area (Å²) in [6, 6.07) is 12.6. The van der Waals surface area contributed by atoms with E-state index in [1.54, 1.807) is 48.4 Å². The molecule has 0 aliphatic rings. The lowest BCUT2D eigenvalue weighted by atomic mass is 10.1. The van der Waals surface area contributed by atoms with Crippen molar-refractivity contribution in [3.63, 3.8) is 0 Å². The van der Waals surface area contributed by atoms with Crippen LogP contribution in [0.3, 0.4) is 0 Å². The number of nitrogens with zero attached hydrogens (tertiary/aromatic N) is 3. The van der Waals surface area contributed by atoms with E-state index < -0.39 is 0 Å². The zero-order chi connectivity index (χ0) is 15.5. The highest BCUT2D eigenvalue weighted by molar-refractivity contribution is 6.30. The largest absolute Gasteiger partial charge is 0.319 e. The minimum atomic E-state index is -0.240. The fourth-order valence-corrected chi connectivity index (χ4v) is 2.29. The summed E-state index contributed by atoms with van der Waals surface area (Å²) in [6.45, 7) is 0. The van der Waals surface area contributed by atoms with Crippen molar-refractivity contribution in [2.24, 2.45) is 7.05 Å². The van der Waals surface area contributed by atoms with Crippen LogP contribution in [0.25, 0.3) is 11.3 Å². The third-order valence-electron chi connectivity index (χ3n) is 3.15. The average Bonchev–Trinajstić information content (AvgIpc) is 2.90. The summed E-state index contributed by atoms with van der Waals surface area (Å²) in [7, 11) is 1.73. The normalized spacial score (nSPS) is 10.5. The third-order valence-corrected chi connectivity index (χ3v) is 3.39. The van der Waals surface area contributed by atoms with Crippen molar-refractivity contribution < 1.29 is 4.79 Å². The molecule has 2 aromatic heterocycles. The van der Waals surface area contributed by atoms with Gasteiger partial charge in [0.1, 0.15) is 5.69 Å². The van der Waals surface area contributed by atoms with Crippen molar-refractivity contribution in [1.29, 1.82) is 0 Å². The highest BCUT2D eigenvalue weighted by atomic mass is 35.5. The van der Waals surface area contributed by atoms with Crippen molar-refractivity contribution in [3.05, 3.63) is 65.6 Å². The Kier molecular flexibility index (Phi) is 3.89. The monoisotopic (exact) mass is 312 g/mol. The molecule has 0 unspecified atom stereocenters. The third kappa shape index (κ3) is 2.99. The summed E-state index contributed by atoms with van der Waals surface area (Å²) in [6.07, 6.45) is 3.24. The summed E-state index contributed by atoms with van der Waals surface area (Å²) in [4.78, 5) is 16.3. The lowest BCUT2D eigenvalue weighted by Gasteiger charge is -2.03. The molecule has 2 heterocycles. The topological polar surface area (TPSA) is 59.8 Å². The van der Waals surface area contributed by atoms with Crippen LogP contribution in [0.5, 0.6) is 0 Å². The van der Waals surface area contributed by atoms with E-state index in [0.717, 1.165) is 5.56 Å². The minimum absolute atomic E-state index is 0.240. The van der Waals surface area contributed by atoms with Crippen LogP contribution in [0.1, 0.15) is 10.5 Å². The summed E-state index contributed by atoms with van der Waals surface area (Å²) >= 11 is 5.99. The average molecular weight is 313 g/mol. The maximum absolute atomic E-state index is 12.3. The van der Waals surface area contributed by atoms with Crippen LogP contribution in [0.4, 0.5) is 5.69 Å². The van der Waals surface area contributed by atoms with Crippen molar-refractivity contribution in [2.45, 2.75) is 0 Å². The number of anilines is 1. The van der Waals surface area contributed by atoms with E-state index >= 15 is 0 Å². The summed E-state index contributed by atoms with van der Waals surface area (Å²) in [5, 5.41) is 7.78. The molecule has 22 heavy (non-hydrogen) atoms. The van der Waals surface area contributed by atoms with Crippen LogP contribution >= 0.6 is 11.6 Å². The zero-order valence-corrected chi connectivity index (χ0v) is 12.6. The van der Waals surface area contributed by atoms with Crippen LogP contribution in [0, 0.1) is 0 Å². The maximum atomic E-state index is 12.3. The predicted molar refractivity (Wildman–Crippen MR) is 85.8 cm³/mol. The highest BCUT2D eigenvalue weighted by Crippen LogP contribution is 2.22. The van der Waals surface area contributed by atoms with Crippen molar-refractivity contribution in [1.82, 2.24) is 14.8 Å². The van der Waals surface area contributed by atoms with Gasteiger partial charge in [0, 0.05) is 23.8 Å². The van der Waals surface area contributed by atoms with Gasteiger partial charge in [-0.3, -0.25) is 14.5 Å². The second-order valence-electron chi connectivity index (χ2n) is 4.74. The van der Waals surface area contributed by atoms with Gasteiger partial charge < -0.3 is 5.32 Å². The van der Waals surface area contributed by atoms with E-state index in [4.69, 9.17) is 11.6 Å². The number of rotatable bonds is 3. The molecule has 0 saturated carbocycles. The van der Waals surface area contributed by atoms with Gasteiger partial charge >= 0.3 is 0 Å². The maximum Gasteiger partial charge on any atom is 0.273 e. The Morgan fingerprint density at radius 1 is 1.23 bits per heavy atom. The van der Waals surface area contributed by atoms with Gasteiger partial charge in [-0.25, -0.2) is 0 Å². The van der Waals surface area contributed by atoms with Gasteiger partial charge in [0.05, 0.1) is 17.6 Å². The fourth-order valence-electron chi connectivity index (χ4n) is 2.10. The van der Waals surface area contributed by atoms with E-state index in [1.807, 2.05) is 18.2 Å². The van der Waals surface area contributed by atoms with E-state index in [-0.39, 0.29) is 5.91 Å². The molecule has 110 valence electrons. The second kappa shape index (κ2) is 5.99. The highest BCUT2D eigenvalue weighted by Gasteiger charge is 2.14. The van der Waals surface area contributed by atoms with Crippen LogP contribution in [-0.4, -0.2) is 20.7 Å². The molecule has 5 nitrogen and oxygen atoms in total. The number of pyridine rings is 1. The smallest absolute Gasteiger partial charge is 0.273 e. The zero-order valence-electron chi connectivity index (χ0n) is 11.8. The molecular weight excluding hydrogens is 300 g/mol. The van der Waals surface area contributed by atoms with E-state index in [9.17, 15) is 4.79 Å². The van der Waals surface area contributed by atoms with Gasteiger partial charge in [-0.2, -0.15) is 5.10 Å². The van der Waals surface area contributed by atoms with Gasteiger partial charge in [0.25, 0.3) is 5.91 Å². The molecule has 6 heteroatoms. The first-order chi connectivity index (χ1) is 10.6. The van der Waals surface area contributed by atoms with Crippen LogP contribution in [0.15, 0.2) is 54.9 Å². The van der Waals surface area contributed by atoms with Crippen LogP contribution in [-0.2, 0) is 7.05 Å². The number of hydrogen-bond donors (Lipinski definition) is 1. The molecule has 0 atom stereocenters. The molecule has 0 spiro atoms. The van der Waals surface area contributed by atoms with Crippen LogP contribution in [0.2, 0.25) is 5.02 Å². The molecule has 1 N–H and O–H groups in total. The molecule has 0 saturated heterocycles. The number of aryl methyl sites for hydroxylation is 1. The van der Waals surface area contributed by atoms with Gasteiger partial charge in [0.15, 0.2) is 0 Å². The van der Waals surface area contributed by atoms with Crippen LogP contribution < -0.4 is 5.32 Å². The molecular formula is C16H13ClN4O. The molecule has 3 aromatic rings. The first-order valence-corrected chi connectivity index (χ1v) is 7.02. The first-order valence-electron chi connectivity index (χ1n) is 6.65. The summed E-state index contributed by atoms with van der Waals surface area (Å²) < 4.78 is 1.54. The number of nitrogens with one attached hydrogen (secondary N) is 1. The molecule has 1 amide bonds. The van der Waals surface area contributed by atoms with E-state index in [2.05, 4.69) is 15.4 Å². The van der Waals surface area contributed by atoms with Gasteiger partial charge in [-0.15, -0.1) is 0 Å². The number of amides is 1. The van der Waals surface area contributed by atoms with Crippen molar-refractivity contribution in [2.75, 3.05) is 5.32 Å². The second-order valence-corrected chi connectivity index (χ2v) is 5.18. The molecule has 0 fully saturated rings. The molecule has 0 aliphatic heterocycles. The Balaban J connectivity index is 1.88. The Morgan fingerprint density at radius 3 is 2.82 bits per heavy atom. The van der Waals surface area contributed by atoms with E-state index in [1.165, 1.54) is 0 Å². The molecule has 0 aliphatic carbocycles. The number of benzene rings is 1. The summed E-state index contributed by atoms with van der Waals surface area (Å²) in [5.74, 6) is -0.240. The number of hydrogen-bond acceptors (Lipinski definition) is 3. The quantitative estimate of drug-likeness (QED) is 0.806. The predicted octanol–water partition coefficient (Wildman–Crippen LogP) is 3.39. The Bertz CT molecular complexity index is 814. The van der Waals surface area contributed by atoms with Crippen molar-refractivity contribution >= 4 is 23.2 Å². The summed E-state index contributed by atoms with van der Waals surface area (Å²) in [5.41, 5.74) is 2.65. The molecule has 3 rings (SSSR count). The number of halogens is 1. The molecule has 0 bridgehead atoms. The SMILES string of the molecule is Cn1nc(-c2cccc(Cl)c2)cc1C(=O)Nc1cccnc1. The van der Waals surface area contributed by atoms with Gasteiger partial charge in [0.2, 0.25) is 0 Å². The van der Waals surface area contributed by atoms with Gasteiger partial charge in [-0.05, 0) is 30.3 Å².